The number of nitrogens with two attached hydrogens (primary N) is 1. The number of nitrogens with zero attached hydrogens (tertiary/aromatic N) is 1. The van der Waals surface area contributed by atoms with E-state index in [0.717, 1.165) is 24.5 Å². The van der Waals surface area contributed by atoms with Crippen molar-refractivity contribution in [2.24, 2.45) is 0 Å². The second-order valence-electron chi connectivity index (χ2n) is 6.40. The SMILES string of the molecule is COc1cc(N2CC(C)(C)OC(C)(C)C2)ccc1N. The van der Waals surface area contributed by atoms with Crippen LogP contribution in [0.5, 0.6) is 5.75 Å². The highest BCUT2D eigenvalue weighted by atomic mass is 16.5. The number of morpholine rings is 1. The smallest absolute Gasteiger partial charge is 0.143 e. The van der Waals surface area contributed by atoms with Crippen molar-refractivity contribution in [2.75, 3.05) is 30.8 Å². The summed E-state index contributed by atoms with van der Waals surface area (Å²) in [5.74, 6) is 0.722. The summed E-state index contributed by atoms with van der Waals surface area (Å²) in [6.07, 6.45) is 0. The van der Waals surface area contributed by atoms with Crippen molar-refractivity contribution in [3.63, 3.8) is 0 Å². The van der Waals surface area contributed by atoms with Crippen LogP contribution in [0.25, 0.3) is 0 Å². The van der Waals surface area contributed by atoms with E-state index in [0.29, 0.717) is 5.69 Å². The van der Waals surface area contributed by atoms with E-state index in [1.165, 1.54) is 0 Å². The van der Waals surface area contributed by atoms with Gasteiger partial charge in [0, 0.05) is 24.8 Å². The second-order valence-corrected chi connectivity index (χ2v) is 6.40. The number of rotatable bonds is 2. The van der Waals surface area contributed by atoms with Crippen LogP contribution in [0.3, 0.4) is 0 Å². The third kappa shape index (κ3) is 3.13. The van der Waals surface area contributed by atoms with Crippen LogP contribution >= 0.6 is 0 Å². The molecule has 1 aliphatic heterocycles. The van der Waals surface area contributed by atoms with Gasteiger partial charge in [-0.25, -0.2) is 0 Å². The first-order valence-electron chi connectivity index (χ1n) is 6.61. The van der Waals surface area contributed by atoms with E-state index in [9.17, 15) is 0 Å². The average molecular weight is 264 g/mol. The van der Waals surface area contributed by atoms with Gasteiger partial charge < -0.3 is 20.1 Å². The fourth-order valence-electron chi connectivity index (χ4n) is 2.87. The minimum atomic E-state index is -0.170. The monoisotopic (exact) mass is 264 g/mol. The molecule has 0 spiro atoms. The number of ether oxygens (including phenoxy) is 2. The van der Waals surface area contributed by atoms with Gasteiger partial charge in [-0.15, -0.1) is 0 Å². The first-order valence-corrected chi connectivity index (χ1v) is 6.61. The quantitative estimate of drug-likeness (QED) is 0.834. The van der Waals surface area contributed by atoms with Gasteiger partial charge in [0.15, 0.2) is 0 Å². The zero-order valence-electron chi connectivity index (χ0n) is 12.5. The molecule has 2 N–H and O–H groups in total. The summed E-state index contributed by atoms with van der Waals surface area (Å²) in [6.45, 7) is 10.2. The largest absolute Gasteiger partial charge is 0.495 e. The van der Waals surface area contributed by atoms with Gasteiger partial charge in [-0.2, -0.15) is 0 Å². The van der Waals surface area contributed by atoms with Crippen LogP contribution in [0.1, 0.15) is 27.7 Å². The van der Waals surface area contributed by atoms with Crippen LogP contribution in [0.2, 0.25) is 0 Å². The third-order valence-corrected chi connectivity index (χ3v) is 3.28. The van der Waals surface area contributed by atoms with Crippen molar-refractivity contribution in [1.29, 1.82) is 0 Å². The molecule has 1 aromatic rings. The fourth-order valence-corrected chi connectivity index (χ4v) is 2.87. The first kappa shape index (κ1) is 14.0. The topological polar surface area (TPSA) is 47.7 Å². The van der Waals surface area contributed by atoms with Crippen molar-refractivity contribution >= 4 is 11.4 Å². The fraction of sp³-hybridized carbons (Fsp3) is 0.600. The van der Waals surface area contributed by atoms with Crippen LogP contribution in [0.4, 0.5) is 11.4 Å². The molecule has 1 heterocycles. The molecule has 0 bridgehead atoms. The van der Waals surface area contributed by atoms with Crippen molar-refractivity contribution in [3.8, 4) is 5.75 Å². The lowest BCUT2D eigenvalue weighted by Crippen LogP contribution is -2.57. The maximum absolute atomic E-state index is 6.10. The summed E-state index contributed by atoms with van der Waals surface area (Å²) in [5, 5.41) is 0. The predicted octanol–water partition coefficient (Wildman–Crippen LogP) is 2.67. The maximum atomic E-state index is 6.10. The van der Waals surface area contributed by atoms with Gasteiger partial charge in [-0.05, 0) is 39.8 Å². The Bertz CT molecular complexity index is 453. The van der Waals surface area contributed by atoms with Crippen LogP contribution in [0, 0.1) is 0 Å². The number of hydrogen-bond donors (Lipinski definition) is 1. The summed E-state index contributed by atoms with van der Waals surface area (Å²) in [4.78, 5) is 2.32. The molecule has 0 radical (unpaired) electrons. The molecule has 1 aromatic carbocycles. The molecule has 2 rings (SSSR count). The molecule has 1 saturated heterocycles. The van der Waals surface area contributed by atoms with Crippen molar-refractivity contribution in [2.45, 2.75) is 38.9 Å². The van der Waals surface area contributed by atoms with Crippen LogP contribution in [-0.2, 0) is 4.74 Å². The molecule has 0 saturated carbocycles. The van der Waals surface area contributed by atoms with Crippen molar-refractivity contribution in [1.82, 2.24) is 0 Å². The van der Waals surface area contributed by atoms with Gasteiger partial charge in [-0.1, -0.05) is 0 Å². The Hall–Kier alpha value is -1.42. The Morgan fingerprint density at radius 3 is 2.26 bits per heavy atom. The normalized spacial score (nSPS) is 21.2. The first-order chi connectivity index (χ1) is 8.72. The van der Waals surface area contributed by atoms with E-state index >= 15 is 0 Å². The molecule has 0 atom stereocenters. The Balaban J connectivity index is 2.30. The summed E-state index contributed by atoms with van der Waals surface area (Å²) < 4.78 is 11.4. The van der Waals surface area contributed by atoms with E-state index in [1.54, 1.807) is 7.11 Å². The molecule has 0 amide bonds. The summed E-state index contributed by atoms with van der Waals surface area (Å²) in [7, 11) is 1.64. The van der Waals surface area contributed by atoms with Crippen LogP contribution in [0.15, 0.2) is 18.2 Å². The molecular formula is C15H24N2O2. The van der Waals surface area contributed by atoms with Gasteiger partial charge in [0.2, 0.25) is 0 Å². The van der Waals surface area contributed by atoms with E-state index in [4.69, 9.17) is 15.2 Å². The highest BCUT2D eigenvalue weighted by Crippen LogP contribution is 2.34. The molecule has 106 valence electrons. The molecule has 19 heavy (non-hydrogen) atoms. The molecule has 4 heteroatoms. The Morgan fingerprint density at radius 1 is 1.16 bits per heavy atom. The zero-order valence-corrected chi connectivity index (χ0v) is 12.5. The summed E-state index contributed by atoms with van der Waals surface area (Å²) in [5.41, 5.74) is 7.31. The van der Waals surface area contributed by atoms with Gasteiger partial charge in [0.1, 0.15) is 5.75 Å². The predicted molar refractivity (Wildman–Crippen MR) is 78.9 cm³/mol. The number of benzene rings is 1. The van der Waals surface area contributed by atoms with Gasteiger partial charge in [0.05, 0.1) is 24.0 Å². The molecule has 0 unspecified atom stereocenters. The summed E-state index contributed by atoms with van der Waals surface area (Å²) in [6, 6.07) is 5.92. The molecule has 0 aromatic heterocycles. The van der Waals surface area contributed by atoms with Crippen molar-refractivity contribution in [3.05, 3.63) is 18.2 Å². The standard InChI is InChI=1S/C15H24N2O2/c1-14(2)9-17(10-15(3,4)19-14)11-6-7-12(16)13(8-11)18-5/h6-8H,9-10,16H2,1-5H3. The molecule has 1 aliphatic rings. The highest BCUT2D eigenvalue weighted by molar-refractivity contribution is 5.62. The highest BCUT2D eigenvalue weighted by Gasteiger charge is 2.38. The minimum absolute atomic E-state index is 0.170. The van der Waals surface area contributed by atoms with E-state index in [2.05, 4.69) is 32.6 Å². The molecule has 0 aliphatic carbocycles. The van der Waals surface area contributed by atoms with Gasteiger partial charge >= 0.3 is 0 Å². The number of anilines is 2. The lowest BCUT2D eigenvalue weighted by atomic mass is 9.98. The minimum Gasteiger partial charge on any atom is -0.495 e. The van der Waals surface area contributed by atoms with Crippen LogP contribution < -0.4 is 15.4 Å². The van der Waals surface area contributed by atoms with E-state index in [-0.39, 0.29) is 11.2 Å². The number of hydrogen-bond acceptors (Lipinski definition) is 4. The Morgan fingerprint density at radius 2 is 1.74 bits per heavy atom. The lowest BCUT2D eigenvalue weighted by Gasteiger charge is -2.48. The second kappa shape index (κ2) is 4.60. The van der Waals surface area contributed by atoms with Gasteiger partial charge in [0.25, 0.3) is 0 Å². The van der Waals surface area contributed by atoms with Crippen molar-refractivity contribution < 1.29 is 9.47 Å². The summed E-state index contributed by atoms with van der Waals surface area (Å²) >= 11 is 0. The average Bonchev–Trinajstić information content (AvgIpc) is 2.25. The molecular weight excluding hydrogens is 240 g/mol. The maximum Gasteiger partial charge on any atom is 0.143 e. The lowest BCUT2D eigenvalue weighted by molar-refractivity contribution is -0.133. The Labute approximate surface area is 115 Å². The van der Waals surface area contributed by atoms with Crippen LogP contribution in [-0.4, -0.2) is 31.4 Å². The van der Waals surface area contributed by atoms with E-state index < -0.39 is 0 Å². The molecule has 1 fully saturated rings. The number of methoxy groups -OCH3 is 1. The van der Waals surface area contributed by atoms with Gasteiger partial charge in [-0.3, -0.25) is 0 Å². The zero-order chi connectivity index (χ0) is 14.3. The molecule has 4 nitrogen and oxygen atoms in total. The number of nitrogen functional groups attached to an aromatic ring is 1. The Kier molecular flexibility index (Phi) is 3.39. The van der Waals surface area contributed by atoms with E-state index in [1.807, 2.05) is 18.2 Å². The third-order valence-electron chi connectivity index (χ3n) is 3.28.